The summed E-state index contributed by atoms with van der Waals surface area (Å²) < 4.78 is 1.89. The van der Waals surface area contributed by atoms with Gasteiger partial charge in [0.1, 0.15) is 12.2 Å². The van der Waals surface area contributed by atoms with Crippen molar-refractivity contribution in [3.8, 4) is 0 Å². The summed E-state index contributed by atoms with van der Waals surface area (Å²) in [5, 5.41) is 7.87. The van der Waals surface area contributed by atoms with E-state index >= 15 is 0 Å². The smallest absolute Gasteiger partial charge is 0.138 e. The van der Waals surface area contributed by atoms with Gasteiger partial charge >= 0.3 is 0 Å². The van der Waals surface area contributed by atoms with Gasteiger partial charge in [0, 0.05) is 45.2 Å². The zero-order valence-electron chi connectivity index (χ0n) is 13.9. The van der Waals surface area contributed by atoms with Gasteiger partial charge in [-0.3, -0.25) is 4.68 Å². The van der Waals surface area contributed by atoms with Crippen molar-refractivity contribution in [2.75, 3.05) is 40.3 Å². The predicted molar refractivity (Wildman–Crippen MR) is 85.3 cm³/mol. The Bertz CT molecular complexity index is 418. The molecule has 0 amide bonds. The number of hydrogen-bond acceptors (Lipinski definition) is 5. The Labute approximate surface area is 128 Å². The molecule has 1 aromatic heterocycles. The molecule has 0 aliphatic carbocycles. The molecule has 2 rings (SSSR count). The maximum absolute atomic E-state index is 4.38. The van der Waals surface area contributed by atoms with E-state index in [4.69, 9.17) is 0 Å². The Kier molecular flexibility index (Phi) is 6.14. The fourth-order valence-electron chi connectivity index (χ4n) is 3.00. The topological polar surface area (TPSA) is 49.2 Å². The molecule has 2 heterocycles. The summed E-state index contributed by atoms with van der Waals surface area (Å²) in [4.78, 5) is 9.31. The van der Waals surface area contributed by atoms with Crippen molar-refractivity contribution in [3.63, 3.8) is 0 Å². The van der Waals surface area contributed by atoms with Crippen molar-refractivity contribution in [2.24, 2.45) is 7.05 Å². The van der Waals surface area contributed by atoms with Gasteiger partial charge in [-0.2, -0.15) is 5.10 Å². The second-order valence-corrected chi connectivity index (χ2v) is 6.29. The lowest BCUT2D eigenvalue weighted by Crippen LogP contribution is -2.52. The fraction of sp³-hybridized carbons (Fsp3) is 0.867. The van der Waals surface area contributed by atoms with Crippen LogP contribution in [-0.2, 0) is 13.5 Å². The minimum atomic E-state index is 0.465. The second-order valence-electron chi connectivity index (χ2n) is 6.29. The molecule has 0 spiro atoms. The lowest BCUT2D eigenvalue weighted by atomic mass is 10.0. The van der Waals surface area contributed by atoms with E-state index in [1.807, 2.05) is 11.7 Å². The lowest BCUT2D eigenvalue weighted by Gasteiger charge is -2.39. The van der Waals surface area contributed by atoms with Gasteiger partial charge in [-0.15, -0.1) is 0 Å². The molecule has 0 saturated carbocycles. The highest BCUT2D eigenvalue weighted by Gasteiger charge is 2.25. The number of rotatable bonds is 7. The third kappa shape index (κ3) is 4.76. The van der Waals surface area contributed by atoms with E-state index < -0.39 is 0 Å². The summed E-state index contributed by atoms with van der Waals surface area (Å²) in [7, 11) is 6.44. The first-order valence-corrected chi connectivity index (χ1v) is 8.05. The van der Waals surface area contributed by atoms with Crippen LogP contribution in [0.1, 0.15) is 25.6 Å². The van der Waals surface area contributed by atoms with Crippen molar-refractivity contribution in [2.45, 2.75) is 38.3 Å². The Morgan fingerprint density at radius 1 is 1.33 bits per heavy atom. The van der Waals surface area contributed by atoms with Crippen molar-refractivity contribution in [1.29, 1.82) is 0 Å². The summed E-state index contributed by atoms with van der Waals surface area (Å²) in [6, 6.07) is 1.08. The average molecular weight is 294 g/mol. The minimum Gasteiger partial charge on any atom is -0.313 e. The highest BCUT2D eigenvalue weighted by molar-refractivity contribution is 4.92. The highest BCUT2D eigenvalue weighted by atomic mass is 15.3. The molecule has 21 heavy (non-hydrogen) atoms. The van der Waals surface area contributed by atoms with E-state index in [0.29, 0.717) is 12.1 Å². The van der Waals surface area contributed by atoms with E-state index in [1.165, 1.54) is 6.54 Å². The highest BCUT2D eigenvalue weighted by Crippen LogP contribution is 2.14. The summed E-state index contributed by atoms with van der Waals surface area (Å²) in [6.45, 7) is 6.76. The molecule has 0 aromatic carbocycles. The largest absolute Gasteiger partial charge is 0.313 e. The van der Waals surface area contributed by atoms with Crippen LogP contribution in [0.2, 0.25) is 0 Å². The third-order valence-electron chi connectivity index (χ3n) is 4.45. The first-order valence-electron chi connectivity index (χ1n) is 8.05. The van der Waals surface area contributed by atoms with Crippen molar-refractivity contribution >= 4 is 0 Å². The zero-order chi connectivity index (χ0) is 15.2. The van der Waals surface area contributed by atoms with Crippen LogP contribution in [0.25, 0.3) is 0 Å². The van der Waals surface area contributed by atoms with E-state index in [9.17, 15) is 0 Å². The molecule has 1 fully saturated rings. The van der Waals surface area contributed by atoms with Crippen LogP contribution in [0.3, 0.4) is 0 Å². The molecule has 1 aliphatic heterocycles. The second kappa shape index (κ2) is 7.87. The maximum atomic E-state index is 4.38. The molecule has 1 N–H and O–H groups in total. The predicted octanol–water partition coefficient (Wildman–Crippen LogP) is 0.362. The summed E-state index contributed by atoms with van der Waals surface area (Å²) in [5.74, 6) is 1.07. The van der Waals surface area contributed by atoms with Gasteiger partial charge in [0.15, 0.2) is 0 Å². The third-order valence-corrected chi connectivity index (χ3v) is 4.45. The molecule has 1 aliphatic rings. The van der Waals surface area contributed by atoms with Gasteiger partial charge in [-0.05, 0) is 33.5 Å². The van der Waals surface area contributed by atoms with Gasteiger partial charge in [-0.1, -0.05) is 6.92 Å². The number of hydrogen-bond donors (Lipinski definition) is 1. The van der Waals surface area contributed by atoms with E-state index in [1.54, 1.807) is 6.33 Å². The molecule has 0 radical (unpaired) electrons. The lowest BCUT2D eigenvalue weighted by molar-refractivity contribution is 0.101. The quantitative estimate of drug-likeness (QED) is 0.787. The molecule has 1 aromatic rings. The van der Waals surface area contributed by atoms with Gasteiger partial charge in [-0.25, -0.2) is 4.98 Å². The van der Waals surface area contributed by atoms with E-state index in [2.05, 4.69) is 46.2 Å². The SMILES string of the molecule is CCCNC(Cc1ncnn1C)CC1CN(C)CCN1C. The van der Waals surface area contributed by atoms with Gasteiger partial charge in [0.2, 0.25) is 0 Å². The number of aryl methyl sites for hydroxylation is 1. The molecule has 1 saturated heterocycles. The molecular weight excluding hydrogens is 264 g/mol. The summed E-state index contributed by atoms with van der Waals surface area (Å²) in [6.07, 6.45) is 4.92. The molecule has 6 heteroatoms. The molecule has 0 bridgehead atoms. The van der Waals surface area contributed by atoms with Crippen LogP contribution in [-0.4, -0.2) is 76.9 Å². The van der Waals surface area contributed by atoms with Gasteiger partial charge in [0.25, 0.3) is 0 Å². The Hall–Kier alpha value is -0.980. The number of likely N-dealkylation sites (N-methyl/N-ethyl adjacent to an activating group) is 2. The van der Waals surface area contributed by atoms with Crippen LogP contribution >= 0.6 is 0 Å². The molecule has 120 valence electrons. The number of piperazine rings is 1. The Morgan fingerprint density at radius 3 is 2.81 bits per heavy atom. The monoisotopic (exact) mass is 294 g/mol. The van der Waals surface area contributed by atoms with Crippen LogP contribution in [0.5, 0.6) is 0 Å². The molecular formula is C15H30N6. The van der Waals surface area contributed by atoms with Crippen LogP contribution in [0, 0.1) is 0 Å². The first kappa shape index (κ1) is 16.4. The average Bonchev–Trinajstić information content (AvgIpc) is 2.85. The van der Waals surface area contributed by atoms with Gasteiger partial charge < -0.3 is 15.1 Å². The standard InChI is InChI=1S/C15H30N6/c1-5-6-16-13(10-15-17-12-18-21(15)4)9-14-11-19(2)7-8-20(14)3/h12-14,16H,5-11H2,1-4H3. The Morgan fingerprint density at radius 2 is 2.14 bits per heavy atom. The van der Waals surface area contributed by atoms with E-state index in [-0.39, 0.29) is 0 Å². The maximum Gasteiger partial charge on any atom is 0.138 e. The van der Waals surface area contributed by atoms with Crippen LogP contribution in [0.4, 0.5) is 0 Å². The number of aromatic nitrogens is 3. The first-order chi connectivity index (χ1) is 10.1. The van der Waals surface area contributed by atoms with Crippen LogP contribution < -0.4 is 5.32 Å². The summed E-state index contributed by atoms with van der Waals surface area (Å²) in [5.41, 5.74) is 0. The van der Waals surface area contributed by atoms with Gasteiger partial charge in [0.05, 0.1) is 0 Å². The van der Waals surface area contributed by atoms with Crippen molar-refractivity contribution in [1.82, 2.24) is 29.9 Å². The van der Waals surface area contributed by atoms with Crippen molar-refractivity contribution in [3.05, 3.63) is 12.2 Å². The van der Waals surface area contributed by atoms with Crippen molar-refractivity contribution < 1.29 is 0 Å². The van der Waals surface area contributed by atoms with Crippen LogP contribution in [0.15, 0.2) is 6.33 Å². The normalized spacial score (nSPS) is 22.6. The Balaban J connectivity index is 1.96. The molecule has 2 unspecified atom stereocenters. The number of nitrogens with one attached hydrogen (secondary N) is 1. The summed E-state index contributed by atoms with van der Waals surface area (Å²) >= 11 is 0. The molecule has 2 atom stereocenters. The fourth-order valence-corrected chi connectivity index (χ4v) is 3.00. The molecule has 6 nitrogen and oxygen atoms in total. The minimum absolute atomic E-state index is 0.465. The van der Waals surface area contributed by atoms with E-state index in [0.717, 1.165) is 44.7 Å². The zero-order valence-corrected chi connectivity index (χ0v) is 13.9. The number of nitrogens with zero attached hydrogens (tertiary/aromatic N) is 5.